The summed E-state index contributed by atoms with van der Waals surface area (Å²) >= 11 is 2.00. The van der Waals surface area contributed by atoms with Gasteiger partial charge in [-0.1, -0.05) is 24.6 Å². The second kappa shape index (κ2) is 7.35. The van der Waals surface area contributed by atoms with Crippen molar-refractivity contribution in [1.82, 2.24) is 0 Å². The number of rotatable bonds is 3. The molecule has 0 radical (unpaired) electrons. The van der Waals surface area contributed by atoms with Crippen LogP contribution in [-0.4, -0.2) is 22.4 Å². The van der Waals surface area contributed by atoms with Crippen molar-refractivity contribution in [3.05, 3.63) is 40.1 Å². The Labute approximate surface area is 149 Å². The van der Waals surface area contributed by atoms with Gasteiger partial charge in [-0.3, -0.25) is 4.79 Å². The number of allylic oxidation sites excluding steroid dienone is 2. The third kappa shape index (κ3) is 3.42. The predicted molar refractivity (Wildman–Crippen MR) is 103 cm³/mol. The Hall–Kier alpha value is -1.22. The second-order valence-corrected chi connectivity index (χ2v) is 8.51. The summed E-state index contributed by atoms with van der Waals surface area (Å²) in [6, 6.07) is 4.27. The Balaban J connectivity index is 1.95. The van der Waals surface area contributed by atoms with Gasteiger partial charge >= 0.3 is 0 Å². The molecule has 3 rings (SSSR count). The zero-order valence-corrected chi connectivity index (χ0v) is 15.8. The van der Waals surface area contributed by atoms with Crippen LogP contribution in [0.3, 0.4) is 0 Å². The zero-order chi connectivity index (χ0) is 17.3. The van der Waals surface area contributed by atoms with Crippen molar-refractivity contribution in [3.8, 4) is 0 Å². The van der Waals surface area contributed by atoms with Crippen LogP contribution in [-0.2, 0) is 11.2 Å². The Morgan fingerprint density at radius 3 is 2.62 bits per heavy atom. The normalized spacial score (nSPS) is 25.2. The molecule has 1 aliphatic carbocycles. The van der Waals surface area contributed by atoms with Gasteiger partial charge < -0.3 is 5.11 Å². The molecule has 0 amide bonds. The fourth-order valence-electron chi connectivity index (χ4n) is 4.37. The van der Waals surface area contributed by atoms with Crippen molar-refractivity contribution in [2.24, 2.45) is 11.8 Å². The Morgan fingerprint density at radius 2 is 2.00 bits per heavy atom. The lowest BCUT2D eigenvalue weighted by atomic mass is 9.75. The Bertz CT molecular complexity index is 669. The molecular weight excluding hydrogens is 316 g/mol. The van der Waals surface area contributed by atoms with Crippen molar-refractivity contribution in [2.75, 3.05) is 11.5 Å². The van der Waals surface area contributed by atoms with Crippen LogP contribution in [0.25, 0.3) is 5.57 Å². The van der Waals surface area contributed by atoms with Crippen LogP contribution in [0.1, 0.15) is 54.9 Å². The third-order valence-electron chi connectivity index (χ3n) is 5.53. The number of aryl methyl sites for hydroxylation is 3. The molecular formula is C21H28O2S. The van der Waals surface area contributed by atoms with Gasteiger partial charge in [0.15, 0.2) is 5.78 Å². The number of Topliss-reactive ketones (excluding diaryl/α,β-unsaturated/α-hetero) is 1. The van der Waals surface area contributed by atoms with E-state index in [2.05, 4.69) is 32.9 Å². The topological polar surface area (TPSA) is 37.3 Å². The number of carbonyl (C=O) groups excluding carboxylic acids is 1. The summed E-state index contributed by atoms with van der Waals surface area (Å²) in [5.41, 5.74) is 5.09. The fourth-order valence-corrected chi connectivity index (χ4v) is 5.65. The Kier molecular flexibility index (Phi) is 5.39. The Morgan fingerprint density at radius 1 is 1.21 bits per heavy atom. The largest absolute Gasteiger partial charge is 0.512 e. The minimum atomic E-state index is 0.140. The summed E-state index contributed by atoms with van der Waals surface area (Å²) < 4.78 is 0. The van der Waals surface area contributed by atoms with E-state index in [1.807, 2.05) is 11.8 Å². The van der Waals surface area contributed by atoms with E-state index in [-0.39, 0.29) is 5.78 Å². The molecule has 0 spiro atoms. The van der Waals surface area contributed by atoms with Crippen molar-refractivity contribution in [3.63, 3.8) is 0 Å². The standard InChI is InChI=1S/C21H28O2S/c1-4-15-9-13(2)8-14(3)20(15)21-18(22)10-17(11-19(21)23)16-6-5-7-24-12-16/h8-9,16-17,22H,4-7,10-12H2,1-3H3. The molecule has 3 heteroatoms. The van der Waals surface area contributed by atoms with Gasteiger partial charge in [0.05, 0.1) is 5.57 Å². The van der Waals surface area contributed by atoms with Gasteiger partial charge in [-0.2, -0.15) is 11.8 Å². The molecule has 1 saturated heterocycles. The average Bonchev–Trinajstić information content (AvgIpc) is 2.56. The van der Waals surface area contributed by atoms with Crippen molar-refractivity contribution >= 4 is 23.1 Å². The molecule has 2 atom stereocenters. The number of aliphatic hydroxyl groups is 1. The number of aliphatic hydroxyl groups excluding tert-OH is 1. The molecule has 2 unspecified atom stereocenters. The molecule has 0 aromatic heterocycles. The van der Waals surface area contributed by atoms with E-state index in [9.17, 15) is 9.90 Å². The monoisotopic (exact) mass is 344 g/mol. The van der Waals surface area contributed by atoms with Gasteiger partial charge in [-0.25, -0.2) is 0 Å². The van der Waals surface area contributed by atoms with Crippen molar-refractivity contribution < 1.29 is 9.90 Å². The molecule has 1 aromatic rings. The quantitative estimate of drug-likeness (QED) is 0.813. The molecule has 0 saturated carbocycles. The van der Waals surface area contributed by atoms with E-state index in [1.165, 1.54) is 29.7 Å². The van der Waals surface area contributed by atoms with Crippen molar-refractivity contribution in [1.29, 1.82) is 0 Å². The molecule has 1 aliphatic heterocycles. The predicted octanol–water partition coefficient (Wildman–Crippen LogP) is 5.26. The zero-order valence-electron chi connectivity index (χ0n) is 15.0. The van der Waals surface area contributed by atoms with E-state index in [4.69, 9.17) is 0 Å². The number of benzene rings is 1. The molecule has 1 aromatic carbocycles. The summed E-state index contributed by atoms with van der Waals surface area (Å²) in [7, 11) is 0. The maximum absolute atomic E-state index is 12.9. The highest BCUT2D eigenvalue weighted by Gasteiger charge is 2.34. The van der Waals surface area contributed by atoms with Gasteiger partial charge in [0.2, 0.25) is 0 Å². The number of ketones is 1. The van der Waals surface area contributed by atoms with E-state index in [0.29, 0.717) is 36.0 Å². The first-order valence-electron chi connectivity index (χ1n) is 9.14. The van der Waals surface area contributed by atoms with Gasteiger partial charge in [-0.15, -0.1) is 0 Å². The molecule has 1 heterocycles. The summed E-state index contributed by atoms with van der Waals surface area (Å²) in [6.07, 6.45) is 4.60. The molecule has 0 bridgehead atoms. The summed E-state index contributed by atoms with van der Waals surface area (Å²) in [4.78, 5) is 12.9. The van der Waals surface area contributed by atoms with Gasteiger partial charge in [0.25, 0.3) is 0 Å². The van der Waals surface area contributed by atoms with Crippen LogP contribution in [0.4, 0.5) is 0 Å². The molecule has 2 nitrogen and oxygen atoms in total. The minimum Gasteiger partial charge on any atom is -0.512 e. The summed E-state index contributed by atoms with van der Waals surface area (Å²) in [5.74, 6) is 3.76. The van der Waals surface area contributed by atoms with Crippen LogP contribution in [0.5, 0.6) is 0 Å². The SMILES string of the molecule is CCc1cc(C)cc(C)c1C1=C(O)CC(C2CCCSC2)CC1=O. The van der Waals surface area contributed by atoms with E-state index < -0.39 is 0 Å². The first-order valence-corrected chi connectivity index (χ1v) is 10.3. The number of hydrogen-bond acceptors (Lipinski definition) is 3. The highest BCUT2D eigenvalue weighted by atomic mass is 32.2. The second-order valence-electron chi connectivity index (χ2n) is 7.36. The fraction of sp³-hybridized carbons (Fsp3) is 0.571. The molecule has 130 valence electrons. The minimum absolute atomic E-state index is 0.140. The lowest BCUT2D eigenvalue weighted by molar-refractivity contribution is -0.115. The third-order valence-corrected chi connectivity index (χ3v) is 6.77. The van der Waals surface area contributed by atoms with Gasteiger partial charge in [0, 0.05) is 12.8 Å². The van der Waals surface area contributed by atoms with Gasteiger partial charge in [0.1, 0.15) is 5.76 Å². The number of carbonyl (C=O) groups is 1. The number of thioether (sulfide) groups is 1. The maximum atomic E-state index is 12.9. The molecule has 24 heavy (non-hydrogen) atoms. The van der Waals surface area contributed by atoms with Crippen LogP contribution >= 0.6 is 11.8 Å². The molecule has 1 fully saturated rings. The average molecular weight is 345 g/mol. The summed E-state index contributed by atoms with van der Waals surface area (Å²) in [6.45, 7) is 6.26. The first kappa shape index (κ1) is 17.6. The van der Waals surface area contributed by atoms with Crippen LogP contribution in [0.15, 0.2) is 17.9 Å². The van der Waals surface area contributed by atoms with E-state index >= 15 is 0 Å². The first-order chi connectivity index (χ1) is 11.5. The van der Waals surface area contributed by atoms with Crippen LogP contribution < -0.4 is 0 Å². The van der Waals surface area contributed by atoms with Crippen LogP contribution in [0, 0.1) is 25.7 Å². The lowest BCUT2D eigenvalue weighted by Gasteiger charge is -2.33. The maximum Gasteiger partial charge on any atom is 0.167 e. The smallest absolute Gasteiger partial charge is 0.167 e. The van der Waals surface area contributed by atoms with E-state index in [1.54, 1.807) is 0 Å². The summed E-state index contributed by atoms with van der Waals surface area (Å²) in [5, 5.41) is 10.8. The van der Waals surface area contributed by atoms with Crippen molar-refractivity contribution in [2.45, 2.75) is 52.9 Å². The van der Waals surface area contributed by atoms with E-state index in [0.717, 1.165) is 23.3 Å². The molecule has 1 N–H and O–H groups in total. The highest BCUT2D eigenvalue weighted by molar-refractivity contribution is 7.99. The van der Waals surface area contributed by atoms with Gasteiger partial charge in [-0.05, 0) is 73.1 Å². The van der Waals surface area contributed by atoms with Crippen LogP contribution in [0.2, 0.25) is 0 Å². The lowest BCUT2D eigenvalue weighted by Crippen LogP contribution is -2.28. The number of hydrogen-bond donors (Lipinski definition) is 1. The highest BCUT2D eigenvalue weighted by Crippen LogP contribution is 2.41. The molecule has 2 aliphatic rings.